The van der Waals surface area contributed by atoms with Crippen molar-refractivity contribution in [2.45, 2.75) is 18.6 Å². The maximum Gasteiger partial charge on any atom is 0.338 e. The highest BCUT2D eigenvalue weighted by Gasteiger charge is 2.31. The van der Waals surface area contributed by atoms with Crippen LogP contribution in [0.1, 0.15) is 16.8 Å². The minimum absolute atomic E-state index is 0.295. The van der Waals surface area contributed by atoms with Gasteiger partial charge in [-0.2, -0.15) is 0 Å². The SMILES string of the molecule is O=C(OC1CNC(C(=O)O)C1)c1ccc(-c2ccccc2)cc1. The number of benzene rings is 2. The molecule has 2 N–H and O–H groups in total. The maximum atomic E-state index is 12.1. The van der Waals surface area contributed by atoms with E-state index in [-0.39, 0.29) is 0 Å². The molecule has 0 radical (unpaired) electrons. The van der Waals surface area contributed by atoms with Crippen molar-refractivity contribution in [1.82, 2.24) is 5.32 Å². The summed E-state index contributed by atoms with van der Waals surface area (Å²) in [7, 11) is 0. The Morgan fingerprint density at radius 2 is 1.65 bits per heavy atom. The summed E-state index contributed by atoms with van der Waals surface area (Å²) < 4.78 is 5.36. The zero-order chi connectivity index (χ0) is 16.2. The van der Waals surface area contributed by atoms with Crippen molar-refractivity contribution < 1.29 is 19.4 Å². The molecule has 2 unspecified atom stereocenters. The second-order valence-electron chi connectivity index (χ2n) is 5.51. The van der Waals surface area contributed by atoms with Gasteiger partial charge in [-0.3, -0.25) is 4.79 Å². The minimum atomic E-state index is -0.921. The van der Waals surface area contributed by atoms with Crippen LogP contribution in [0.2, 0.25) is 0 Å². The number of carbonyl (C=O) groups excluding carboxylic acids is 1. The first-order valence-electron chi connectivity index (χ1n) is 7.46. The van der Waals surface area contributed by atoms with Crippen molar-refractivity contribution in [3.05, 3.63) is 60.2 Å². The van der Waals surface area contributed by atoms with Gasteiger partial charge in [-0.05, 0) is 23.3 Å². The molecule has 23 heavy (non-hydrogen) atoms. The largest absolute Gasteiger partial charge is 0.480 e. The fraction of sp³-hybridized carbons (Fsp3) is 0.222. The quantitative estimate of drug-likeness (QED) is 0.848. The number of aliphatic carboxylic acids is 1. The Bertz CT molecular complexity index is 697. The Hall–Kier alpha value is -2.66. The van der Waals surface area contributed by atoms with Crippen molar-refractivity contribution >= 4 is 11.9 Å². The van der Waals surface area contributed by atoms with Gasteiger partial charge in [0.25, 0.3) is 0 Å². The summed E-state index contributed by atoms with van der Waals surface area (Å²) in [5.41, 5.74) is 2.57. The molecule has 1 aliphatic heterocycles. The zero-order valence-electron chi connectivity index (χ0n) is 12.4. The summed E-state index contributed by atoms with van der Waals surface area (Å²) in [5.74, 6) is -1.35. The van der Waals surface area contributed by atoms with E-state index in [1.165, 1.54) is 0 Å². The number of nitrogens with one attached hydrogen (secondary N) is 1. The van der Waals surface area contributed by atoms with E-state index in [4.69, 9.17) is 9.84 Å². The summed E-state index contributed by atoms with van der Waals surface area (Å²) in [5, 5.41) is 11.7. The smallest absolute Gasteiger partial charge is 0.338 e. The van der Waals surface area contributed by atoms with E-state index >= 15 is 0 Å². The van der Waals surface area contributed by atoms with Crippen LogP contribution in [0.25, 0.3) is 11.1 Å². The Kier molecular flexibility index (Phi) is 4.39. The first-order chi connectivity index (χ1) is 11.1. The molecule has 2 aromatic rings. The fourth-order valence-electron chi connectivity index (χ4n) is 2.63. The summed E-state index contributed by atoms with van der Waals surface area (Å²) in [6.45, 7) is 0.366. The molecule has 3 rings (SSSR count). The molecule has 2 aromatic carbocycles. The van der Waals surface area contributed by atoms with E-state index in [0.717, 1.165) is 11.1 Å². The molecule has 1 heterocycles. The van der Waals surface area contributed by atoms with E-state index in [1.54, 1.807) is 12.1 Å². The van der Waals surface area contributed by atoms with Crippen molar-refractivity contribution in [2.75, 3.05) is 6.54 Å². The summed E-state index contributed by atoms with van der Waals surface area (Å²) in [6.07, 6.45) is -0.110. The van der Waals surface area contributed by atoms with Crippen LogP contribution in [0, 0.1) is 0 Å². The number of ether oxygens (including phenoxy) is 1. The highest BCUT2D eigenvalue weighted by molar-refractivity contribution is 5.90. The van der Waals surface area contributed by atoms with Gasteiger partial charge < -0.3 is 15.2 Å². The topological polar surface area (TPSA) is 75.6 Å². The molecule has 1 saturated heterocycles. The fourth-order valence-corrected chi connectivity index (χ4v) is 2.63. The van der Waals surface area contributed by atoms with Crippen LogP contribution in [-0.4, -0.2) is 35.7 Å². The monoisotopic (exact) mass is 311 g/mol. The van der Waals surface area contributed by atoms with Crippen molar-refractivity contribution in [3.8, 4) is 11.1 Å². The number of esters is 1. The number of carboxylic acid groups (broad SMARTS) is 1. The molecule has 0 bridgehead atoms. The third-order valence-electron chi connectivity index (χ3n) is 3.89. The highest BCUT2D eigenvalue weighted by Crippen LogP contribution is 2.20. The van der Waals surface area contributed by atoms with E-state index < -0.39 is 24.1 Å². The van der Waals surface area contributed by atoms with Crippen LogP contribution in [0.15, 0.2) is 54.6 Å². The Morgan fingerprint density at radius 3 is 2.26 bits per heavy atom. The molecule has 5 nitrogen and oxygen atoms in total. The Labute approximate surface area is 133 Å². The number of hydrogen-bond donors (Lipinski definition) is 2. The van der Waals surface area contributed by atoms with Crippen molar-refractivity contribution in [2.24, 2.45) is 0 Å². The molecule has 0 aliphatic carbocycles. The average Bonchev–Trinajstić information content (AvgIpc) is 3.04. The van der Waals surface area contributed by atoms with Crippen LogP contribution < -0.4 is 5.32 Å². The summed E-state index contributed by atoms with van der Waals surface area (Å²) in [6, 6.07) is 16.4. The van der Waals surface area contributed by atoms with Crippen molar-refractivity contribution in [1.29, 1.82) is 0 Å². The number of carbonyl (C=O) groups is 2. The first-order valence-corrected chi connectivity index (χ1v) is 7.46. The van der Waals surface area contributed by atoms with Gasteiger partial charge in [0.05, 0.1) is 5.56 Å². The lowest BCUT2D eigenvalue weighted by Gasteiger charge is -2.11. The third kappa shape index (κ3) is 3.57. The molecular weight excluding hydrogens is 294 g/mol. The number of hydrogen-bond acceptors (Lipinski definition) is 4. The Balaban J connectivity index is 1.63. The molecular formula is C18H17NO4. The lowest BCUT2D eigenvalue weighted by molar-refractivity contribution is -0.139. The lowest BCUT2D eigenvalue weighted by atomic mass is 10.0. The van der Waals surface area contributed by atoms with Gasteiger partial charge in [0.15, 0.2) is 0 Å². The Morgan fingerprint density at radius 1 is 1.00 bits per heavy atom. The summed E-state index contributed by atoms with van der Waals surface area (Å²) in [4.78, 5) is 23.0. The molecule has 5 heteroatoms. The first kappa shape index (κ1) is 15.2. The number of carboxylic acids is 1. The van der Waals surface area contributed by atoms with Gasteiger partial charge in [-0.15, -0.1) is 0 Å². The maximum absolute atomic E-state index is 12.1. The molecule has 1 aliphatic rings. The van der Waals surface area contributed by atoms with Crippen molar-refractivity contribution in [3.63, 3.8) is 0 Å². The minimum Gasteiger partial charge on any atom is -0.480 e. The van der Waals surface area contributed by atoms with E-state index in [0.29, 0.717) is 18.5 Å². The average molecular weight is 311 g/mol. The molecule has 118 valence electrons. The van der Waals surface area contributed by atoms with E-state index in [9.17, 15) is 9.59 Å². The normalized spacial score (nSPS) is 20.2. The second-order valence-corrected chi connectivity index (χ2v) is 5.51. The van der Waals surface area contributed by atoms with Crippen LogP contribution in [0.4, 0.5) is 0 Å². The van der Waals surface area contributed by atoms with Gasteiger partial charge in [-0.25, -0.2) is 4.79 Å². The second kappa shape index (κ2) is 6.62. The van der Waals surface area contributed by atoms with Gasteiger partial charge in [0.1, 0.15) is 12.1 Å². The predicted octanol–water partition coefficient (Wildman–Crippen LogP) is 2.33. The summed E-state index contributed by atoms with van der Waals surface area (Å²) >= 11 is 0. The molecule has 0 aromatic heterocycles. The molecule has 0 spiro atoms. The molecule has 0 amide bonds. The molecule has 1 fully saturated rings. The van der Waals surface area contributed by atoms with E-state index in [2.05, 4.69) is 5.32 Å². The van der Waals surface area contributed by atoms with Gasteiger partial charge in [0, 0.05) is 13.0 Å². The molecule has 2 atom stereocenters. The lowest BCUT2D eigenvalue weighted by Crippen LogP contribution is -2.30. The molecule has 0 saturated carbocycles. The van der Waals surface area contributed by atoms with Gasteiger partial charge >= 0.3 is 11.9 Å². The third-order valence-corrected chi connectivity index (χ3v) is 3.89. The number of rotatable bonds is 4. The predicted molar refractivity (Wildman–Crippen MR) is 85.1 cm³/mol. The van der Waals surface area contributed by atoms with Crippen LogP contribution in [0.3, 0.4) is 0 Å². The van der Waals surface area contributed by atoms with E-state index in [1.807, 2.05) is 42.5 Å². The van der Waals surface area contributed by atoms with Crippen LogP contribution >= 0.6 is 0 Å². The standard InChI is InChI=1S/C18H17NO4/c20-17(21)16-10-15(11-19-16)23-18(22)14-8-6-13(7-9-14)12-4-2-1-3-5-12/h1-9,15-16,19H,10-11H2,(H,20,21). The van der Waals surface area contributed by atoms with Gasteiger partial charge in [-0.1, -0.05) is 42.5 Å². The van der Waals surface area contributed by atoms with Gasteiger partial charge in [0.2, 0.25) is 0 Å². The van der Waals surface area contributed by atoms with Crippen LogP contribution in [0.5, 0.6) is 0 Å². The van der Waals surface area contributed by atoms with Crippen LogP contribution in [-0.2, 0) is 9.53 Å². The zero-order valence-corrected chi connectivity index (χ0v) is 12.4. The highest BCUT2D eigenvalue weighted by atomic mass is 16.5.